The Bertz CT molecular complexity index is 445. The molecule has 0 radical (unpaired) electrons. The van der Waals surface area contributed by atoms with Crippen LogP contribution < -0.4 is 0 Å². The summed E-state index contributed by atoms with van der Waals surface area (Å²) in [5.41, 5.74) is 0.179. The van der Waals surface area contributed by atoms with Crippen LogP contribution >= 0.6 is 11.6 Å². The highest BCUT2D eigenvalue weighted by Gasteiger charge is 2.22. The van der Waals surface area contributed by atoms with E-state index in [1.54, 1.807) is 13.8 Å². The molecule has 0 aliphatic carbocycles. The van der Waals surface area contributed by atoms with Gasteiger partial charge in [0.15, 0.2) is 0 Å². The monoisotopic (exact) mass is 243 g/mol. The maximum absolute atomic E-state index is 11.5. The summed E-state index contributed by atoms with van der Waals surface area (Å²) in [6, 6.07) is 2.52. The molecule has 16 heavy (non-hydrogen) atoms. The fourth-order valence-corrected chi connectivity index (χ4v) is 1.35. The third-order valence-electron chi connectivity index (χ3n) is 1.97. The average molecular weight is 244 g/mol. The van der Waals surface area contributed by atoms with Crippen molar-refractivity contribution in [2.45, 2.75) is 13.8 Å². The number of hydrogen-bond donors (Lipinski definition) is 0. The predicted molar refractivity (Wildman–Crippen MR) is 58.8 cm³/mol. The Hall–Kier alpha value is -1.62. The van der Waals surface area contributed by atoms with Gasteiger partial charge in [-0.2, -0.15) is 0 Å². The number of nitro benzene ring substituents is 1. The minimum atomic E-state index is -0.714. The van der Waals surface area contributed by atoms with Gasteiger partial charge in [-0.05, 0) is 25.5 Å². The van der Waals surface area contributed by atoms with Crippen molar-refractivity contribution in [3.05, 3.63) is 38.4 Å². The van der Waals surface area contributed by atoms with E-state index in [9.17, 15) is 14.9 Å². The molecule has 0 saturated heterocycles. The molecule has 0 spiro atoms. The molecule has 0 amide bonds. The molecule has 1 aromatic rings. The fraction of sp³-hybridized carbons (Fsp3) is 0.300. The first-order valence-electron chi connectivity index (χ1n) is 4.59. The lowest BCUT2D eigenvalue weighted by molar-refractivity contribution is -0.385. The maximum atomic E-state index is 11.5. The number of benzene rings is 1. The van der Waals surface area contributed by atoms with Gasteiger partial charge >= 0.3 is 5.97 Å². The Kier molecular flexibility index (Phi) is 3.84. The maximum Gasteiger partial charge on any atom is 0.345 e. The number of nitrogens with zero attached hydrogens (tertiary/aromatic N) is 1. The molecule has 1 rings (SSSR count). The Morgan fingerprint density at radius 2 is 2.19 bits per heavy atom. The van der Waals surface area contributed by atoms with Crippen molar-refractivity contribution < 1.29 is 14.5 Å². The van der Waals surface area contributed by atoms with E-state index in [0.29, 0.717) is 5.56 Å². The molecule has 5 nitrogen and oxygen atoms in total. The lowest BCUT2D eigenvalue weighted by Crippen LogP contribution is -2.08. The average Bonchev–Trinajstić information content (AvgIpc) is 2.21. The summed E-state index contributed by atoms with van der Waals surface area (Å²) in [6.45, 7) is 3.46. The van der Waals surface area contributed by atoms with Crippen molar-refractivity contribution >= 4 is 23.3 Å². The van der Waals surface area contributed by atoms with Gasteiger partial charge in [0, 0.05) is 6.07 Å². The SMILES string of the molecule is CCOC(=O)c1cc(C)c(Cl)cc1[N+](=O)[O-]. The normalized spacial score (nSPS) is 9.94. The lowest BCUT2D eigenvalue weighted by atomic mass is 10.1. The Morgan fingerprint density at radius 3 is 2.69 bits per heavy atom. The molecule has 0 bridgehead atoms. The van der Waals surface area contributed by atoms with Gasteiger partial charge in [0.1, 0.15) is 5.56 Å². The van der Waals surface area contributed by atoms with Crippen LogP contribution in [0.25, 0.3) is 0 Å². The first-order valence-corrected chi connectivity index (χ1v) is 4.96. The standard InChI is InChI=1S/C10H10ClNO4/c1-3-16-10(13)7-4-6(2)8(11)5-9(7)12(14)15/h4-5H,3H2,1-2H3. The minimum absolute atomic E-state index is 0.0752. The molecule has 0 aromatic heterocycles. The lowest BCUT2D eigenvalue weighted by Gasteiger charge is -2.05. The second-order valence-electron chi connectivity index (χ2n) is 3.10. The molecular formula is C10H10ClNO4. The quantitative estimate of drug-likeness (QED) is 0.465. The van der Waals surface area contributed by atoms with E-state index in [1.165, 1.54) is 6.07 Å². The zero-order chi connectivity index (χ0) is 12.3. The van der Waals surface area contributed by atoms with E-state index in [1.807, 2.05) is 0 Å². The second kappa shape index (κ2) is 4.94. The third kappa shape index (κ3) is 2.49. The van der Waals surface area contributed by atoms with Gasteiger partial charge in [0.05, 0.1) is 16.6 Å². The van der Waals surface area contributed by atoms with Crippen LogP contribution in [0.15, 0.2) is 12.1 Å². The number of rotatable bonds is 3. The van der Waals surface area contributed by atoms with Crippen LogP contribution in [0.4, 0.5) is 5.69 Å². The molecule has 86 valence electrons. The van der Waals surface area contributed by atoms with Crippen LogP contribution in [0.5, 0.6) is 0 Å². The molecule has 0 N–H and O–H groups in total. The first-order chi connectivity index (χ1) is 7.47. The largest absolute Gasteiger partial charge is 0.462 e. The Balaban J connectivity index is 3.30. The van der Waals surface area contributed by atoms with Gasteiger partial charge in [0.2, 0.25) is 0 Å². The Labute approximate surface area is 97.1 Å². The van der Waals surface area contributed by atoms with E-state index >= 15 is 0 Å². The van der Waals surface area contributed by atoms with E-state index in [2.05, 4.69) is 0 Å². The summed E-state index contributed by atoms with van der Waals surface area (Å²) in [7, 11) is 0. The van der Waals surface area contributed by atoms with Crippen molar-refractivity contribution in [1.29, 1.82) is 0 Å². The highest BCUT2D eigenvalue weighted by Crippen LogP contribution is 2.27. The van der Waals surface area contributed by atoms with Crippen molar-refractivity contribution in [3.63, 3.8) is 0 Å². The molecule has 0 atom stereocenters. The summed E-state index contributed by atoms with van der Waals surface area (Å²) in [5.74, 6) is -0.714. The van der Waals surface area contributed by atoms with Gasteiger partial charge in [-0.1, -0.05) is 11.6 Å². The number of carbonyl (C=O) groups excluding carboxylic acids is 1. The predicted octanol–water partition coefficient (Wildman–Crippen LogP) is 2.73. The summed E-state index contributed by atoms with van der Waals surface area (Å²) in [4.78, 5) is 21.5. The molecule has 0 heterocycles. The summed E-state index contributed by atoms with van der Waals surface area (Å²) in [5, 5.41) is 11.0. The number of hydrogen-bond acceptors (Lipinski definition) is 4. The van der Waals surface area contributed by atoms with Gasteiger partial charge in [-0.3, -0.25) is 10.1 Å². The van der Waals surface area contributed by atoms with Crippen LogP contribution in [0.2, 0.25) is 5.02 Å². The topological polar surface area (TPSA) is 69.4 Å². The summed E-state index contributed by atoms with van der Waals surface area (Å²) < 4.78 is 4.73. The van der Waals surface area contributed by atoms with Crippen LogP contribution in [-0.4, -0.2) is 17.5 Å². The fourth-order valence-electron chi connectivity index (χ4n) is 1.19. The molecule has 1 aromatic carbocycles. The van der Waals surface area contributed by atoms with Gasteiger partial charge in [-0.25, -0.2) is 4.79 Å². The van der Waals surface area contributed by atoms with E-state index in [-0.39, 0.29) is 22.9 Å². The molecular weight excluding hydrogens is 234 g/mol. The molecule has 0 aliphatic rings. The van der Waals surface area contributed by atoms with Crippen LogP contribution in [0.3, 0.4) is 0 Å². The molecule has 0 aliphatic heterocycles. The zero-order valence-corrected chi connectivity index (χ0v) is 9.58. The third-order valence-corrected chi connectivity index (χ3v) is 2.38. The Morgan fingerprint density at radius 1 is 1.56 bits per heavy atom. The van der Waals surface area contributed by atoms with Crippen molar-refractivity contribution in [2.75, 3.05) is 6.61 Å². The minimum Gasteiger partial charge on any atom is -0.462 e. The molecule has 6 heteroatoms. The first kappa shape index (κ1) is 12.4. The molecule has 0 saturated carbocycles. The van der Waals surface area contributed by atoms with Gasteiger partial charge in [-0.15, -0.1) is 0 Å². The second-order valence-corrected chi connectivity index (χ2v) is 3.50. The highest BCUT2D eigenvalue weighted by atomic mass is 35.5. The van der Waals surface area contributed by atoms with Crippen LogP contribution in [-0.2, 0) is 4.74 Å². The molecule has 0 fully saturated rings. The van der Waals surface area contributed by atoms with Crippen molar-refractivity contribution in [1.82, 2.24) is 0 Å². The number of aryl methyl sites for hydroxylation is 1. The number of nitro groups is 1. The highest BCUT2D eigenvalue weighted by molar-refractivity contribution is 6.31. The van der Waals surface area contributed by atoms with Crippen molar-refractivity contribution in [2.24, 2.45) is 0 Å². The van der Waals surface area contributed by atoms with E-state index < -0.39 is 10.9 Å². The zero-order valence-electron chi connectivity index (χ0n) is 8.82. The van der Waals surface area contributed by atoms with Gasteiger partial charge in [0.25, 0.3) is 5.69 Å². The van der Waals surface area contributed by atoms with E-state index in [4.69, 9.17) is 16.3 Å². The van der Waals surface area contributed by atoms with Gasteiger partial charge < -0.3 is 4.74 Å². The smallest absolute Gasteiger partial charge is 0.345 e. The van der Waals surface area contributed by atoms with Crippen LogP contribution in [0, 0.1) is 17.0 Å². The number of esters is 1. The number of halogens is 1. The van der Waals surface area contributed by atoms with E-state index in [0.717, 1.165) is 6.07 Å². The summed E-state index contributed by atoms with van der Waals surface area (Å²) in [6.07, 6.45) is 0. The van der Waals surface area contributed by atoms with Crippen molar-refractivity contribution in [3.8, 4) is 0 Å². The van der Waals surface area contributed by atoms with Crippen LogP contribution in [0.1, 0.15) is 22.8 Å². The summed E-state index contributed by atoms with van der Waals surface area (Å²) >= 11 is 5.76. The number of carbonyl (C=O) groups is 1. The number of ether oxygens (including phenoxy) is 1. The molecule has 0 unspecified atom stereocenters.